The van der Waals surface area contributed by atoms with Gasteiger partial charge in [-0.25, -0.2) is 0 Å². The maximum Gasteiger partial charge on any atom is 0.258 e. The van der Waals surface area contributed by atoms with E-state index in [0.717, 1.165) is 36.1 Å². The van der Waals surface area contributed by atoms with Gasteiger partial charge in [-0.1, -0.05) is 37.1 Å². The van der Waals surface area contributed by atoms with Crippen molar-refractivity contribution >= 4 is 12.2 Å². The number of fused-ring (bicyclic) bond motifs is 4. The van der Waals surface area contributed by atoms with Crippen LogP contribution in [0.2, 0.25) is 0 Å². The van der Waals surface area contributed by atoms with Gasteiger partial charge in [0, 0.05) is 22.6 Å². The van der Waals surface area contributed by atoms with Crippen LogP contribution in [-0.4, -0.2) is 9.55 Å². The highest BCUT2D eigenvalue weighted by Crippen LogP contribution is 2.49. The molecule has 1 saturated carbocycles. The first-order chi connectivity index (χ1) is 11.0. The van der Waals surface area contributed by atoms with Crippen molar-refractivity contribution in [1.29, 1.82) is 0 Å². The zero-order valence-electron chi connectivity index (χ0n) is 13.7. The molecular formula is C19H22N2OS. The van der Waals surface area contributed by atoms with Crippen molar-refractivity contribution in [2.24, 2.45) is 0 Å². The van der Waals surface area contributed by atoms with Gasteiger partial charge in [0.15, 0.2) is 4.77 Å². The summed E-state index contributed by atoms with van der Waals surface area (Å²) in [6, 6.07) is 8.52. The first kappa shape index (κ1) is 14.9. The van der Waals surface area contributed by atoms with E-state index in [-0.39, 0.29) is 17.0 Å². The second-order valence-corrected chi connectivity index (χ2v) is 7.66. The summed E-state index contributed by atoms with van der Waals surface area (Å²) < 4.78 is 2.29. The summed E-state index contributed by atoms with van der Waals surface area (Å²) >= 11 is 5.50. The Bertz CT molecular complexity index is 885. The lowest BCUT2D eigenvalue weighted by Crippen LogP contribution is -2.40. The van der Waals surface area contributed by atoms with E-state index in [2.05, 4.69) is 23.2 Å². The molecule has 2 aliphatic carbocycles. The number of nitrogens with zero attached hydrogens (tertiary/aromatic N) is 1. The summed E-state index contributed by atoms with van der Waals surface area (Å²) in [4.78, 5) is 16.7. The lowest BCUT2D eigenvalue weighted by atomic mass is 9.68. The molecule has 4 heteroatoms. The number of hydrogen-bond donors (Lipinski definition) is 1. The summed E-state index contributed by atoms with van der Waals surface area (Å²) in [6.45, 7) is 4.05. The van der Waals surface area contributed by atoms with Crippen molar-refractivity contribution in [3.05, 3.63) is 50.5 Å². The van der Waals surface area contributed by atoms with Crippen LogP contribution in [0.15, 0.2) is 29.1 Å². The molecule has 0 atom stereocenters. The maximum absolute atomic E-state index is 13.3. The van der Waals surface area contributed by atoms with Crippen LogP contribution in [-0.2, 0) is 11.8 Å². The number of aromatic nitrogens is 2. The number of benzene rings is 1. The monoisotopic (exact) mass is 326 g/mol. The van der Waals surface area contributed by atoms with E-state index in [9.17, 15) is 4.79 Å². The van der Waals surface area contributed by atoms with Crippen molar-refractivity contribution in [3.8, 4) is 11.3 Å². The molecule has 0 saturated heterocycles. The Morgan fingerprint density at radius 3 is 2.61 bits per heavy atom. The minimum Gasteiger partial charge on any atom is -0.331 e. The molecule has 0 amide bonds. The molecule has 1 heterocycles. The normalized spacial score (nSPS) is 18.2. The Labute approximate surface area is 141 Å². The zero-order valence-corrected chi connectivity index (χ0v) is 14.5. The average molecular weight is 326 g/mol. The average Bonchev–Trinajstić information content (AvgIpc) is 2.95. The Hall–Kier alpha value is -1.68. The van der Waals surface area contributed by atoms with Crippen LogP contribution in [0.4, 0.5) is 0 Å². The molecule has 1 aromatic carbocycles. The molecule has 2 aliphatic rings. The number of H-pyrrole nitrogens is 1. The Morgan fingerprint density at radius 1 is 1.22 bits per heavy atom. The summed E-state index contributed by atoms with van der Waals surface area (Å²) in [5, 5.41) is 0. The van der Waals surface area contributed by atoms with Gasteiger partial charge in [0.05, 0.1) is 5.69 Å². The molecule has 0 radical (unpaired) electrons. The molecule has 120 valence electrons. The van der Waals surface area contributed by atoms with Gasteiger partial charge in [-0.2, -0.15) is 0 Å². The van der Waals surface area contributed by atoms with Gasteiger partial charge >= 0.3 is 0 Å². The van der Waals surface area contributed by atoms with E-state index in [1.165, 1.54) is 18.4 Å². The second-order valence-electron chi connectivity index (χ2n) is 7.27. The summed E-state index contributed by atoms with van der Waals surface area (Å²) in [7, 11) is 0. The standard InChI is InChI=1S/C19H22N2OS/c1-12(2)21-17(22)15-16(20-18(21)23)14-8-4-3-7-13(14)11-19(15)9-5-6-10-19/h3-4,7-8,12H,5-6,9-11H2,1-2H3,(H,20,23). The minimum absolute atomic E-state index is 0.00303. The molecule has 1 aromatic heterocycles. The van der Waals surface area contributed by atoms with Crippen LogP contribution < -0.4 is 5.56 Å². The predicted octanol–water partition coefficient (Wildman–Crippen LogP) is 4.52. The fraction of sp³-hybridized carbons (Fsp3) is 0.474. The highest BCUT2D eigenvalue weighted by atomic mass is 32.1. The van der Waals surface area contributed by atoms with Crippen LogP contribution >= 0.6 is 12.2 Å². The highest BCUT2D eigenvalue weighted by Gasteiger charge is 2.44. The molecule has 0 aliphatic heterocycles. The Kier molecular flexibility index (Phi) is 3.34. The lowest BCUT2D eigenvalue weighted by molar-refractivity contribution is 0.415. The molecule has 0 unspecified atom stereocenters. The third kappa shape index (κ3) is 2.08. The van der Waals surface area contributed by atoms with Crippen molar-refractivity contribution in [2.75, 3.05) is 0 Å². The van der Waals surface area contributed by atoms with Crippen molar-refractivity contribution < 1.29 is 0 Å². The van der Waals surface area contributed by atoms with Crippen LogP contribution in [0.5, 0.6) is 0 Å². The van der Waals surface area contributed by atoms with E-state index < -0.39 is 0 Å². The first-order valence-corrected chi connectivity index (χ1v) is 8.92. The van der Waals surface area contributed by atoms with Gasteiger partial charge in [-0.05, 0) is 50.9 Å². The number of rotatable bonds is 1. The Morgan fingerprint density at radius 2 is 1.91 bits per heavy atom. The van der Waals surface area contributed by atoms with E-state index in [1.54, 1.807) is 4.57 Å². The van der Waals surface area contributed by atoms with Crippen LogP contribution in [0.3, 0.4) is 0 Å². The quantitative estimate of drug-likeness (QED) is 0.782. The smallest absolute Gasteiger partial charge is 0.258 e. The molecule has 0 bridgehead atoms. The molecule has 3 nitrogen and oxygen atoms in total. The predicted molar refractivity (Wildman–Crippen MR) is 95.6 cm³/mol. The SMILES string of the molecule is CC(C)n1c(=S)[nH]c2c(c1=O)C1(CCCC1)Cc1ccccc1-2. The molecule has 4 rings (SSSR count). The van der Waals surface area contributed by atoms with Gasteiger partial charge < -0.3 is 4.98 Å². The Balaban J connectivity index is 2.11. The minimum atomic E-state index is -0.00303. The topological polar surface area (TPSA) is 37.8 Å². The van der Waals surface area contributed by atoms with Crippen molar-refractivity contribution in [3.63, 3.8) is 0 Å². The summed E-state index contributed by atoms with van der Waals surface area (Å²) in [6.07, 6.45) is 5.60. The van der Waals surface area contributed by atoms with Gasteiger partial charge in [0.1, 0.15) is 0 Å². The lowest BCUT2D eigenvalue weighted by Gasteiger charge is -2.36. The van der Waals surface area contributed by atoms with Gasteiger partial charge in [-0.15, -0.1) is 0 Å². The summed E-state index contributed by atoms with van der Waals surface area (Å²) in [5.74, 6) is 0. The maximum atomic E-state index is 13.3. The molecule has 23 heavy (non-hydrogen) atoms. The van der Waals surface area contributed by atoms with E-state index in [4.69, 9.17) is 12.2 Å². The van der Waals surface area contributed by atoms with Gasteiger partial charge in [0.2, 0.25) is 0 Å². The molecular weight excluding hydrogens is 304 g/mol. The third-order valence-electron chi connectivity index (χ3n) is 5.56. The van der Waals surface area contributed by atoms with Crippen LogP contribution in [0.1, 0.15) is 56.7 Å². The van der Waals surface area contributed by atoms with Crippen LogP contribution in [0, 0.1) is 4.77 Å². The van der Waals surface area contributed by atoms with Gasteiger partial charge in [-0.3, -0.25) is 9.36 Å². The van der Waals surface area contributed by atoms with Crippen molar-refractivity contribution in [2.45, 2.75) is 57.4 Å². The molecule has 1 fully saturated rings. The molecule has 1 spiro atoms. The first-order valence-electron chi connectivity index (χ1n) is 8.51. The number of aromatic amines is 1. The van der Waals surface area contributed by atoms with E-state index in [0.29, 0.717) is 4.77 Å². The fourth-order valence-corrected chi connectivity index (χ4v) is 4.96. The highest BCUT2D eigenvalue weighted by molar-refractivity contribution is 7.71. The molecule has 2 aromatic rings. The fourth-order valence-electron chi connectivity index (χ4n) is 4.56. The number of nitrogens with one attached hydrogen (secondary N) is 1. The summed E-state index contributed by atoms with van der Waals surface area (Å²) in [5.41, 5.74) is 4.57. The molecule has 1 N–H and O–H groups in total. The van der Waals surface area contributed by atoms with E-state index >= 15 is 0 Å². The third-order valence-corrected chi connectivity index (χ3v) is 5.86. The van der Waals surface area contributed by atoms with Gasteiger partial charge in [0.25, 0.3) is 5.56 Å². The largest absolute Gasteiger partial charge is 0.331 e. The number of hydrogen-bond acceptors (Lipinski definition) is 2. The van der Waals surface area contributed by atoms with Crippen molar-refractivity contribution in [1.82, 2.24) is 9.55 Å². The zero-order chi connectivity index (χ0) is 16.2. The van der Waals surface area contributed by atoms with Crippen LogP contribution in [0.25, 0.3) is 11.3 Å². The van der Waals surface area contributed by atoms with E-state index in [1.807, 2.05) is 19.9 Å². The second kappa shape index (κ2) is 5.17.